The number of rotatable bonds is 8. The molecule has 108 valence electrons. The van der Waals surface area contributed by atoms with Crippen LogP contribution in [-0.2, 0) is 9.59 Å². The van der Waals surface area contributed by atoms with Crippen LogP contribution in [0.25, 0.3) is 0 Å². The standard InChI is InChI=1S/C10H14N6O4/c1-7(2)9(18)11-4-3-5-12-10(19)8-13-15-16(14-8)20-6-17/h6H,1,3-5H2,2H3,(H,11,18)(H,12,19). The maximum atomic E-state index is 11.5. The Labute approximate surface area is 114 Å². The summed E-state index contributed by atoms with van der Waals surface area (Å²) in [6.07, 6.45) is 0.531. The van der Waals surface area contributed by atoms with Crippen molar-refractivity contribution in [1.82, 2.24) is 31.0 Å². The first-order valence-electron chi connectivity index (χ1n) is 5.67. The third-order valence-corrected chi connectivity index (χ3v) is 2.05. The summed E-state index contributed by atoms with van der Waals surface area (Å²) >= 11 is 0. The number of amides is 2. The molecule has 10 nitrogen and oxygen atoms in total. The molecule has 1 heterocycles. The molecular formula is C10H14N6O4. The number of aromatic nitrogens is 4. The van der Waals surface area contributed by atoms with Crippen molar-refractivity contribution < 1.29 is 19.2 Å². The van der Waals surface area contributed by atoms with Gasteiger partial charge in [-0.2, -0.15) is 0 Å². The fourth-order valence-electron chi connectivity index (χ4n) is 1.10. The highest BCUT2D eigenvalue weighted by atomic mass is 16.7. The highest BCUT2D eigenvalue weighted by Gasteiger charge is 2.12. The predicted octanol–water partition coefficient (Wildman–Crippen LogP) is -1.93. The first-order valence-corrected chi connectivity index (χ1v) is 5.67. The lowest BCUT2D eigenvalue weighted by molar-refractivity contribution is -0.132. The molecule has 0 unspecified atom stereocenters. The predicted molar refractivity (Wildman–Crippen MR) is 65.2 cm³/mol. The van der Waals surface area contributed by atoms with Gasteiger partial charge in [0.15, 0.2) is 0 Å². The van der Waals surface area contributed by atoms with E-state index in [9.17, 15) is 14.4 Å². The van der Waals surface area contributed by atoms with Crippen LogP contribution < -0.4 is 15.5 Å². The fraction of sp³-hybridized carbons (Fsp3) is 0.400. The molecule has 0 saturated heterocycles. The van der Waals surface area contributed by atoms with E-state index in [-0.39, 0.29) is 18.2 Å². The molecule has 0 bridgehead atoms. The van der Waals surface area contributed by atoms with Gasteiger partial charge in [0.2, 0.25) is 5.91 Å². The van der Waals surface area contributed by atoms with Crippen LogP contribution in [0.2, 0.25) is 0 Å². The highest BCUT2D eigenvalue weighted by Crippen LogP contribution is 1.87. The lowest BCUT2D eigenvalue weighted by Crippen LogP contribution is -2.30. The van der Waals surface area contributed by atoms with Gasteiger partial charge in [-0.05, 0) is 18.6 Å². The Bertz CT molecular complexity index is 512. The number of nitrogens with zero attached hydrogens (tertiary/aromatic N) is 4. The summed E-state index contributed by atoms with van der Waals surface area (Å²) in [4.78, 5) is 37.5. The van der Waals surface area contributed by atoms with Gasteiger partial charge in [-0.1, -0.05) is 16.8 Å². The average Bonchev–Trinajstić information content (AvgIpc) is 2.87. The molecule has 0 aromatic carbocycles. The molecule has 1 aromatic heterocycles. The van der Waals surface area contributed by atoms with Gasteiger partial charge in [-0.3, -0.25) is 14.4 Å². The first-order chi connectivity index (χ1) is 9.54. The molecular weight excluding hydrogens is 268 g/mol. The van der Waals surface area contributed by atoms with E-state index in [2.05, 4.69) is 37.5 Å². The summed E-state index contributed by atoms with van der Waals surface area (Å²) < 4.78 is 0. The SMILES string of the molecule is C=C(C)C(=O)NCCCNC(=O)c1nnn(OC=O)n1. The van der Waals surface area contributed by atoms with Crippen molar-refractivity contribution in [2.45, 2.75) is 13.3 Å². The molecule has 0 aliphatic rings. The van der Waals surface area contributed by atoms with Crippen LogP contribution in [0.1, 0.15) is 24.0 Å². The molecule has 0 aliphatic heterocycles. The van der Waals surface area contributed by atoms with Crippen molar-refractivity contribution in [2.24, 2.45) is 0 Å². The van der Waals surface area contributed by atoms with Crippen molar-refractivity contribution in [3.8, 4) is 0 Å². The Morgan fingerprint density at radius 2 is 2.10 bits per heavy atom. The summed E-state index contributed by atoms with van der Waals surface area (Å²) in [5.74, 6) is -1.01. The maximum Gasteiger partial charge on any atom is 0.325 e. The van der Waals surface area contributed by atoms with Crippen LogP contribution in [0.3, 0.4) is 0 Å². The van der Waals surface area contributed by atoms with E-state index in [0.717, 1.165) is 0 Å². The quantitative estimate of drug-likeness (QED) is 0.246. The van der Waals surface area contributed by atoms with Crippen LogP contribution in [-0.4, -0.2) is 51.7 Å². The Morgan fingerprint density at radius 3 is 2.75 bits per heavy atom. The summed E-state index contributed by atoms with van der Waals surface area (Å²) in [5, 5.41) is 15.3. The van der Waals surface area contributed by atoms with E-state index < -0.39 is 5.91 Å². The minimum Gasteiger partial charge on any atom is -0.352 e. The largest absolute Gasteiger partial charge is 0.352 e. The minimum absolute atomic E-state index is 0.105. The summed E-state index contributed by atoms with van der Waals surface area (Å²) in [7, 11) is 0. The molecule has 0 aliphatic carbocycles. The lowest BCUT2D eigenvalue weighted by Gasteiger charge is -2.04. The second kappa shape index (κ2) is 7.61. The monoisotopic (exact) mass is 282 g/mol. The zero-order valence-corrected chi connectivity index (χ0v) is 10.8. The molecule has 20 heavy (non-hydrogen) atoms. The molecule has 2 amide bonds. The average molecular weight is 282 g/mol. The van der Waals surface area contributed by atoms with Gasteiger partial charge in [0, 0.05) is 23.6 Å². The van der Waals surface area contributed by atoms with Crippen molar-refractivity contribution in [1.29, 1.82) is 0 Å². The molecule has 0 fully saturated rings. The second-order valence-electron chi connectivity index (χ2n) is 3.71. The van der Waals surface area contributed by atoms with Crippen LogP contribution in [0.4, 0.5) is 0 Å². The van der Waals surface area contributed by atoms with Gasteiger partial charge < -0.3 is 15.5 Å². The van der Waals surface area contributed by atoms with Crippen molar-refractivity contribution in [2.75, 3.05) is 13.1 Å². The number of tetrazole rings is 1. The molecule has 0 atom stereocenters. The molecule has 2 N–H and O–H groups in total. The Balaban J connectivity index is 2.24. The summed E-state index contributed by atoms with van der Waals surface area (Å²) in [6, 6.07) is 0. The first kappa shape index (κ1) is 15.3. The molecule has 10 heteroatoms. The van der Waals surface area contributed by atoms with Gasteiger partial charge in [-0.25, -0.2) is 0 Å². The minimum atomic E-state index is -0.558. The van der Waals surface area contributed by atoms with Crippen molar-refractivity contribution >= 4 is 18.3 Å². The molecule has 1 rings (SSSR count). The van der Waals surface area contributed by atoms with Crippen molar-refractivity contribution in [3.63, 3.8) is 0 Å². The lowest BCUT2D eigenvalue weighted by atomic mass is 10.3. The summed E-state index contributed by atoms with van der Waals surface area (Å²) in [6.45, 7) is 5.93. The molecule has 0 saturated carbocycles. The van der Waals surface area contributed by atoms with Crippen LogP contribution >= 0.6 is 0 Å². The van der Waals surface area contributed by atoms with Gasteiger partial charge in [0.25, 0.3) is 11.7 Å². The number of hydrogen-bond acceptors (Lipinski definition) is 7. The third-order valence-electron chi connectivity index (χ3n) is 2.05. The van der Waals surface area contributed by atoms with Crippen LogP contribution in [0.15, 0.2) is 12.2 Å². The number of carbonyl (C=O) groups is 3. The molecule has 0 radical (unpaired) electrons. The summed E-state index contributed by atoms with van der Waals surface area (Å²) in [5.41, 5.74) is 0.421. The normalized spacial score (nSPS) is 9.65. The van der Waals surface area contributed by atoms with Gasteiger partial charge >= 0.3 is 6.47 Å². The smallest absolute Gasteiger partial charge is 0.325 e. The van der Waals surface area contributed by atoms with E-state index in [0.29, 0.717) is 30.0 Å². The number of nitrogens with one attached hydrogen (secondary N) is 2. The van der Waals surface area contributed by atoms with Gasteiger partial charge in [0.1, 0.15) is 0 Å². The second-order valence-corrected chi connectivity index (χ2v) is 3.71. The van der Waals surface area contributed by atoms with Crippen LogP contribution in [0.5, 0.6) is 0 Å². The number of carbonyl (C=O) groups excluding carboxylic acids is 3. The Morgan fingerprint density at radius 1 is 1.40 bits per heavy atom. The van der Waals surface area contributed by atoms with E-state index in [1.54, 1.807) is 6.92 Å². The van der Waals surface area contributed by atoms with E-state index in [1.807, 2.05) is 0 Å². The maximum absolute atomic E-state index is 11.5. The third kappa shape index (κ3) is 4.84. The van der Waals surface area contributed by atoms with E-state index >= 15 is 0 Å². The topological polar surface area (TPSA) is 128 Å². The zero-order valence-electron chi connectivity index (χ0n) is 10.8. The molecule has 1 aromatic rings. The Hall–Kier alpha value is -2.78. The van der Waals surface area contributed by atoms with Gasteiger partial charge in [-0.15, -0.1) is 0 Å². The van der Waals surface area contributed by atoms with Gasteiger partial charge in [0.05, 0.1) is 0 Å². The van der Waals surface area contributed by atoms with E-state index in [4.69, 9.17) is 0 Å². The van der Waals surface area contributed by atoms with Crippen molar-refractivity contribution in [3.05, 3.63) is 18.0 Å². The Kier molecular flexibility index (Phi) is 5.81. The highest BCUT2D eigenvalue weighted by molar-refractivity contribution is 5.92. The fourth-order valence-corrected chi connectivity index (χ4v) is 1.10. The van der Waals surface area contributed by atoms with E-state index in [1.165, 1.54) is 0 Å². The van der Waals surface area contributed by atoms with Crippen LogP contribution in [0, 0.1) is 0 Å². The number of hydrogen-bond donors (Lipinski definition) is 2. The molecule has 0 spiro atoms. The zero-order chi connectivity index (χ0) is 15.0.